The van der Waals surface area contributed by atoms with Crippen molar-refractivity contribution in [3.63, 3.8) is 0 Å². The predicted molar refractivity (Wildman–Crippen MR) is 63.8 cm³/mol. The Morgan fingerprint density at radius 3 is 2.83 bits per heavy atom. The van der Waals surface area contributed by atoms with Crippen molar-refractivity contribution in [2.24, 2.45) is 0 Å². The second-order valence-corrected chi connectivity index (χ2v) is 3.78. The van der Waals surface area contributed by atoms with E-state index in [1.807, 2.05) is 30.3 Å². The van der Waals surface area contributed by atoms with Crippen molar-refractivity contribution >= 4 is 5.97 Å². The third kappa shape index (κ3) is 2.95. The van der Waals surface area contributed by atoms with Crippen molar-refractivity contribution in [2.45, 2.75) is 19.6 Å². The number of rotatable bonds is 5. The number of carbonyl (C=O) groups is 1. The van der Waals surface area contributed by atoms with Gasteiger partial charge in [-0.1, -0.05) is 30.3 Å². The van der Waals surface area contributed by atoms with E-state index in [1.54, 1.807) is 6.20 Å². The Kier molecular flexibility index (Phi) is 3.74. The van der Waals surface area contributed by atoms with Crippen molar-refractivity contribution in [3.8, 4) is 11.3 Å². The maximum absolute atomic E-state index is 10.6. The van der Waals surface area contributed by atoms with Crippen LogP contribution >= 0.6 is 0 Å². The van der Waals surface area contributed by atoms with Crippen LogP contribution in [0, 0.1) is 0 Å². The number of oxazole rings is 1. The summed E-state index contributed by atoms with van der Waals surface area (Å²) in [5.74, 6) is -0.0102. The zero-order valence-corrected chi connectivity index (χ0v) is 9.87. The summed E-state index contributed by atoms with van der Waals surface area (Å²) in [7, 11) is 0. The number of nitrogens with zero attached hydrogens (tertiary/aromatic N) is 1. The zero-order valence-electron chi connectivity index (χ0n) is 9.87. The molecule has 1 atom stereocenters. The minimum atomic E-state index is -1.01. The quantitative estimate of drug-likeness (QED) is 0.877. The molecule has 0 fully saturated rings. The summed E-state index contributed by atoms with van der Waals surface area (Å²) in [6.45, 7) is 1.50. The second-order valence-electron chi connectivity index (χ2n) is 3.78. The highest BCUT2D eigenvalue weighted by Gasteiger charge is 2.13. The maximum Gasteiger partial charge on any atom is 0.332 e. The molecule has 2 rings (SSSR count). The number of hydrogen-bond donors (Lipinski definition) is 1. The summed E-state index contributed by atoms with van der Waals surface area (Å²) < 4.78 is 10.6. The molecule has 0 aliphatic heterocycles. The highest BCUT2D eigenvalue weighted by Crippen LogP contribution is 2.20. The van der Waals surface area contributed by atoms with E-state index >= 15 is 0 Å². The van der Waals surface area contributed by atoms with Crippen LogP contribution in [0.3, 0.4) is 0 Å². The van der Waals surface area contributed by atoms with Gasteiger partial charge in [-0.2, -0.15) is 0 Å². The molecule has 0 saturated heterocycles. The molecule has 0 spiro atoms. The first-order valence-electron chi connectivity index (χ1n) is 5.51. The van der Waals surface area contributed by atoms with Gasteiger partial charge in [0.15, 0.2) is 11.9 Å². The lowest BCUT2D eigenvalue weighted by Crippen LogP contribution is -2.19. The van der Waals surface area contributed by atoms with E-state index in [-0.39, 0.29) is 6.61 Å². The van der Waals surface area contributed by atoms with Crippen molar-refractivity contribution < 1.29 is 19.1 Å². The van der Waals surface area contributed by atoms with Crippen molar-refractivity contribution in [2.75, 3.05) is 0 Å². The number of hydrogen-bond acceptors (Lipinski definition) is 4. The van der Waals surface area contributed by atoms with Gasteiger partial charge in [-0.15, -0.1) is 0 Å². The first-order chi connectivity index (χ1) is 8.66. The highest BCUT2D eigenvalue weighted by atomic mass is 16.5. The topological polar surface area (TPSA) is 72.6 Å². The monoisotopic (exact) mass is 247 g/mol. The Labute approximate surface area is 104 Å². The summed E-state index contributed by atoms with van der Waals surface area (Å²) in [5.41, 5.74) is 0.919. The van der Waals surface area contributed by atoms with Gasteiger partial charge in [-0.25, -0.2) is 9.78 Å². The molecule has 2 aromatic rings. The zero-order chi connectivity index (χ0) is 13.0. The van der Waals surface area contributed by atoms with Gasteiger partial charge in [-0.3, -0.25) is 0 Å². The first-order valence-corrected chi connectivity index (χ1v) is 5.51. The summed E-state index contributed by atoms with van der Waals surface area (Å²) >= 11 is 0. The van der Waals surface area contributed by atoms with E-state index in [9.17, 15) is 4.79 Å². The van der Waals surface area contributed by atoms with Crippen LogP contribution in [0.15, 0.2) is 40.9 Å². The smallest absolute Gasteiger partial charge is 0.332 e. The van der Waals surface area contributed by atoms with Gasteiger partial charge in [-0.05, 0) is 6.92 Å². The Bertz CT molecular complexity index is 521. The highest BCUT2D eigenvalue weighted by molar-refractivity contribution is 5.71. The van der Waals surface area contributed by atoms with Gasteiger partial charge >= 0.3 is 5.97 Å². The Morgan fingerprint density at radius 1 is 1.44 bits per heavy atom. The van der Waals surface area contributed by atoms with E-state index in [4.69, 9.17) is 14.3 Å². The molecular weight excluding hydrogens is 234 g/mol. The van der Waals surface area contributed by atoms with Crippen LogP contribution in [-0.4, -0.2) is 22.2 Å². The van der Waals surface area contributed by atoms with Crippen LogP contribution in [0.5, 0.6) is 0 Å². The minimum absolute atomic E-state index is 0.0420. The largest absolute Gasteiger partial charge is 0.479 e. The lowest BCUT2D eigenvalue weighted by molar-refractivity contribution is -0.150. The Hall–Kier alpha value is -2.14. The summed E-state index contributed by atoms with van der Waals surface area (Å²) in [5, 5.41) is 8.67. The van der Waals surface area contributed by atoms with E-state index in [2.05, 4.69) is 4.98 Å². The molecule has 94 valence electrons. The van der Waals surface area contributed by atoms with Gasteiger partial charge in [0.25, 0.3) is 0 Å². The molecule has 0 aliphatic rings. The maximum atomic E-state index is 10.6. The molecule has 0 unspecified atom stereocenters. The molecule has 0 saturated carbocycles. The lowest BCUT2D eigenvalue weighted by Gasteiger charge is -2.05. The van der Waals surface area contributed by atoms with Gasteiger partial charge in [0.2, 0.25) is 5.89 Å². The standard InChI is InChI=1S/C13H13NO4/c1-9(13(15)16)17-8-12-14-7-11(18-12)10-5-3-2-4-6-10/h2-7,9H,8H2,1H3,(H,15,16)/t9-/m0/s1. The summed E-state index contributed by atoms with van der Waals surface area (Å²) in [6, 6.07) is 9.54. The number of ether oxygens (including phenoxy) is 1. The fraction of sp³-hybridized carbons (Fsp3) is 0.231. The van der Waals surface area contributed by atoms with E-state index < -0.39 is 12.1 Å². The SMILES string of the molecule is C[C@H](OCc1ncc(-c2ccccc2)o1)C(=O)O. The molecule has 0 amide bonds. The predicted octanol–water partition coefficient (Wildman–Crippen LogP) is 2.33. The molecule has 5 heteroatoms. The van der Waals surface area contributed by atoms with Crippen molar-refractivity contribution in [1.82, 2.24) is 4.98 Å². The fourth-order valence-corrected chi connectivity index (χ4v) is 1.38. The molecule has 1 aromatic heterocycles. The number of carboxylic acids is 1. The van der Waals surface area contributed by atoms with E-state index in [0.717, 1.165) is 5.56 Å². The average Bonchev–Trinajstić information content (AvgIpc) is 2.85. The lowest BCUT2D eigenvalue weighted by atomic mass is 10.2. The van der Waals surface area contributed by atoms with Crippen LogP contribution in [-0.2, 0) is 16.1 Å². The van der Waals surface area contributed by atoms with Crippen molar-refractivity contribution in [3.05, 3.63) is 42.4 Å². The molecule has 18 heavy (non-hydrogen) atoms. The van der Waals surface area contributed by atoms with Gasteiger partial charge in [0, 0.05) is 5.56 Å². The van der Waals surface area contributed by atoms with Crippen LogP contribution in [0.1, 0.15) is 12.8 Å². The normalized spacial score (nSPS) is 12.3. The summed E-state index contributed by atoms with van der Waals surface area (Å²) in [6.07, 6.45) is 0.719. The van der Waals surface area contributed by atoms with Crippen LogP contribution in [0.25, 0.3) is 11.3 Å². The van der Waals surface area contributed by atoms with Gasteiger partial charge < -0.3 is 14.3 Å². The van der Waals surface area contributed by atoms with Crippen LogP contribution in [0.4, 0.5) is 0 Å². The molecule has 1 heterocycles. The Morgan fingerprint density at radius 2 is 2.17 bits per heavy atom. The van der Waals surface area contributed by atoms with Gasteiger partial charge in [0.1, 0.15) is 6.61 Å². The van der Waals surface area contributed by atoms with E-state index in [1.165, 1.54) is 6.92 Å². The minimum Gasteiger partial charge on any atom is -0.479 e. The molecule has 0 radical (unpaired) electrons. The molecule has 5 nitrogen and oxygen atoms in total. The molecule has 1 N–H and O–H groups in total. The molecular formula is C13H13NO4. The molecule has 0 aliphatic carbocycles. The van der Waals surface area contributed by atoms with Crippen LogP contribution < -0.4 is 0 Å². The Balaban J connectivity index is 2.01. The van der Waals surface area contributed by atoms with Gasteiger partial charge in [0.05, 0.1) is 6.20 Å². The fourth-order valence-electron chi connectivity index (χ4n) is 1.38. The number of benzene rings is 1. The summed E-state index contributed by atoms with van der Waals surface area (Å²) in [4.78, 5) is 14.6. The first kappa shape index (κ1) is 12.3. The third-order valence-electron chi connectivity index (χ3n) is 2.42. The third-order valence-corrected chi connectivity index (χ3v) is 2.42. The molecule has 0 bridgehead atoms. The number of aliphatic carboxylic acids is 1. The second kappa shape index (κ2) is 5.46. The van der Waals surface area contributed by atoms with Crippen LogP contribution in [0.2, 0.25) is 0 Å². The average molecular weight is 247 g/mol. The molecule has 1 aromatic carbocycles. The van der Waals surface area contributed by atoms with E-state index in [0.29, 0.717) is 11.7 Å². The number of carboxylic acid groups (broad SMARTS) is 1. The van der Waals surface area contributed by atoms with Crippen molar-refractivity contribution in [1.29, 1.82) is 0 Å². The number of aromatic nitrogens is 1.